The Hall–Kier alpha value is -2.90. The molecule has 1 aliphatic rings. The van der Waals surface area contributed by atoms with Gasteiger partial charge < -0.3 is 20.5 Å². The molecule has 0 aliphatic carbocycles. The Bertz CT molecular complexity index is 765. The zero-order chi connectivity index (χ0) is 17.8. The maximum absolute atomic E-state index is 12.0. The average Bonchev–Trinajstić information content (AvgIpc) is 3.06. The van der Waals surface area contributed by atoms with Gasteiger partial charge >= 0.3 is 0 Å². The lowest BCUT2D eigenvalue weighted by atomic mass is 9.96. The molecule has 0 bridgehead atoms. The van der Waals surface area contributed by atoms with Crippen molar-refractivity contribution >= 4 is 17.6 Å². The summed E-state index contributed by atoms with van der Waals surface area (Å²) in [6, 6.07) is 5.01. The molecule has 3 rings (SSSR count). The molecule has 132 valence electrons. The van der Waals surface area contributed by atoms with Crippen molar-refractivity contribution in [2.75, 3.05) is 24.5 Å². The summed E-state index contributed by atoms with van der Waals surface area (Å²) in [5.74, 6) is 0.512. The minimum Gasteiger partial charge on any atom is -0.365 e. The van der Waals surface area contributed by atoms with Crippen LogP contribution in [0.15, 0.2) is 28.9 Å². The van der Waals surface area contributed by atoms with Crippen molar-refractivity contribution in [1.29, 1.82) is 0 Å². The van der Waals surface area contributed by atoms with Crippen LogP contribution in [0, 0.1) is 12.8 Å². The predicted molar refractivity (Wildman–Crippen MR) is 91.3 cm³/mol. The van der Waals surface area contributed by atoms with Crippen LogP contribution in [0.1, 0.15) is 39.4 Å². The highest BCUT2D eigenvalue weighted by Crippen LogP contribution is 2.24. The first-order chi connectivity index (χ1) is 12.0. The topological polar surface area (TPSA) is 114 Å². The van der Waals surface area contributed by atoms with Crippen LogP contribution in [-0.2, 0) is 0 Å². The molecule has 0 unspecified atom stereocenters. The molecular formula is C17H21N5O3. The monoisotopic (exact) mass is 343 g/mol. The second-order valence-corrected chi connectivity index (χ2v) is 6.21. The van der Waals surface area contributed by atoms with E-state index in [1.54, 1.807) is 31.3 Å². The molecule has 1 saturated heterocycles. The van der Waals surface area contributed by atoms with Crippen LogP contribution in [0.3, 0.4) is 0 Å². The Labute approximate surface area is 145 Å². The molecule has 0 saturated carbocycles. The van der Waals surface area contributed by atoms with Gasteiger partial charge in [-0.3, -0.25) is 9.59 Å². The molecule has 2 aromatic rings. The van der Waals surface area contributed by atoms with E-state index in [2.05, 4.69) is 20.4 Å². The first-order valence-corrected chi connectivity index (χ1v) is 8.26. The van der Waals surface area contributed by atoms with Gasteiger partial charge in [-0.2, -0.15) is 0 Å². The van der Waals surface area contributed by atoms with Gasteiger partial charge in [-0.1, -0.05) is 5.16 Å². The van der Waals surface area contributed by atoms with E-state index in [0.29, 0.717) is 29.5 Å². The number of rotatable bonds is 5. The Balaban J connectivity index is 1.52. The van der Waals surface area contributed by atoms with Gasteiger partial charge in [-0.05, 0) is 37.8 Å². The number of amides is 2. The van der Waals surface area contributed by atoms with Crippen molar-refractivity contribution < 1.29 is 14.1 Å². The highest BCUT2D eigenvalue weighted by Gasteiger charge is 2.24. The van der Waals surface area contributed by atoms with E-state index >= 15 is 0 Å². The quantitative estimate of drug-likeness (QED) is 0.841. The summed E-state index contributed by atoms with van der Waals surface area (Å²) >= 11 is 0. The maximum Gasteiger partial charge on any atom is 0.289 e. The lowest BCUT2D eigenvalue weighted by molar-refractivity contribution is 0.0907. The number of nitrogens with one attached hydrogen (secondary N) is 1. The summed E-state index contributed by atoms with van der Waals surface area (Å²) in [7, 11) is 0. The Morgan fingerprint density at radius 2 is 2.16 bits per heavy atom. The highest BCUT2D eigenvalue weighted by molar-refractivity contribution is 5.97. The molecule has 8 heteroatoms. The number of primary amides is 1. The molecule has 0 atom stereocenters. The van der Waals surface area contributed by atoms with Gasteiger partial charge in [0, 0.05) is 31.9 Å². The fourth-order valence-electron chi connectivity index (χ4n) is 2.98. The number of anilines is 1. The maximum atomic E-state index is 12.0. The first-order valence-electron chi connectivity index (χ1n) is 8.26. The molecule has 1 aliphatic heterocycles. The van der Waals surface area contributed by atoms with Gasteiger partial charge in [0.15, 0.2) is 0 Å². The van der Waals surface area contributed by atoms with E-state index in [4.69, 9.17) is 10.3 Å². The standard InChI is InChI=1S/C17H21N5O3/c1-11-9-14(25-21-11)17(24)20-10-12-4-7-22(8-5-12)16-13(15(18)23)3-2-6-19-16/h2-3,6,9,12H,4-5,7-8,10H2,1H3,(H2,18,23)(H,20,24). The van der Waals surface area contributed by atoms with Crippen LogP contribution in [0.4, 0.5) is 5.82 Å². The van der Waals surface area contributed by atoms with Crippen LogP contribution < -0.4 is 16.0 Å². The third-order valence-corrected chi connectivity index (χ3v) is 4.37. The van der Waals surface area contributed by atoms with Gasteiger partial charge in [0.1, 0.15) is 5.82 Å². The van der Waals surface area contributed by atoms with Crippen molar-refractivity contribution in [3.8, 4) is 0 Å². The molecule has 1 fully saturated rings. The second-order valence-electron chi connectivity index (χ2n) is 6.21. The number of aromatic nitrogens is 2. The van der Waals surface area contributed by atoms with Gasteiger partial charge in [-0.15, -0.1) is 0 Å². The predicted octanol–water partition coefficient (Wildman–Crippen LogP) is 1.12. The van der Waals surface area contributed by atoms with Crippen molar-refractivity contribution in [3.05, 3.63) is 41.4 Å². The number of pyridine rings is 1. The molecule has 3 heterocycles. The van der Waals surface area contributed by atoms with E-state index < -0.39 is 5.91 Å². The van der Waals surface area contributed by atoms with Crippen molar-refractivity contribution in [2.24, 2.45) is 11.7 Å². The molecular weight excluding hydrogens is 322 g/mol. The summed E-state index contributed by atoms with van der Waals surface area (Å²) < 4.78 is 4.95. The third-order valence-electron chi connectivity index (χ3n) is 4.37. The normalized spacial score (nSPS) is 15.2. The first kappa shape index (κ1) is 16.9. The lowest BCUT2D eigenvalue weighted by Gasteiger charge is -2.33. The van der Waals surface area contributed by atoms with E-state index in [-0.39, 0.29) is 11.7 Å². The van der Waals surface area contributed by atoms with Crippen LogP contribution in [0.5, 0.6) is 0 Å². The molecule has 25 heavy (non-hydrogen) atoms. The number of carbonyl (C=O) groups is 2. The van der Waals surface area contributed by atoms with Crippen LogP contribution in [0.2, 0.25) is 0 Å². The summed E-state index contributed by atoms with van der Waals surface area (Å²) in [6.07, 6.45) is 3.45. The van der Waals surface area contributed by atoms with Gasteiger partial charge in [0.25, 0.3) is 11.8 Å². The number of carbonyl (C=O) groups excluding carboxylic acids is 2. The minimum atomic E-state index is -0.472. The summed E-state index contributed by atoms with van der Waals surface area (Å²) in [5.41, 5.74) is 6.54. The number of aryl methyl sites for hydroxylation is 1. The zero-order valence-electron chi connectivity index (χ0n) is 14.1. The van der Waals surface area contributed by atoms with E-state index in [1.165, 1.54) is 0 Å². The van der Waals surface area contributed by atoms with Gasteiger partial charge in [0.2, 0.25) is 5.76 Å². The molecule has 0 aromatic carbocycles. The summed E-state index contributed by atoms with van der Waals surface area (Å²) in [5, 5.41) is 6.60. The van der Waals surface area contributed by atoms with Gasteiger partial charge in [0.05, 0.1) is 11.3 Å². The van der Waals surface area contributed by atoms with Crippen LogP contribution in [0.25, 0.3) is 0 Å². The van der Waals surface area contributed by atoms with Gasteiger partial charge in [-0.25, -0.2) is 4.98 Å². The Morgan fingerprint density at radius 1 is 1.40 bits per heavy atom. The number of nitrogens with zero attached hydrogens (tertiary/aromatic N) is 3. The Kier molecular flexibility index (Phi) is 4.97. The fraction of sp³-hybridized carbons (Fsp3) is 0.412. The van der Waals surface area contributed by atoms with Crippen molar-refractivity contribution in [1.82, 2.24) is 15.5 Å². The summed E-state index contributed by atoms with van der Waals surface area (Å²) in [4.78, 5) is 29.9. The Morgan fingerprint density at radius 3 is 2.80 bits per heavy atom. The smallest absolute Gasteiger partial charge is 0.289 e. The largest absolute Gasteiger partial charge is 0.365 e. The number of hydrogen-bond acceptors (Lipinski definition) is 6. The molecule has 0 radical (unpaired) electrons. The molecule has 8 nitrogen and oxygen atoms in total. The molecule has 2 amide bonds. The number of piperidine rings is 1. The van der Waals surface area contributed by atoms with Crippen LogP contribution in [-0.4, -0.2) is 41.6 Å². The minimum absolute atomic E-state index is 0.231. The van der Waals surface area contributed by atoms with E-state index in [9.17, 15) is 9.59 Å². The number of hydrogen-bond donors (Lipinski definition) is 2. The highest BCUT2D eigenvalue weighted by atomic mass is 16.5. The lowest BCUT2D eigenvalue weighted by Crippen LogP contribution is -2.39. The van der Waals surface area contributed by atoms with Crippen molar-refractivity contribution in [3.63, 3.8) is 0 Å². The second kappa shape index (κ2) is 7.33. The zero-order valence-corrected chi connectivity index (χ0v) is 14.1. The summed E-state index contributed by atoms with van der Waals surface area (Å²) in [6.45, 7) is 3.88. The van der Waals surface area contributed by atoms with E-state index in [1.807, 2.05) is 0 Å². The third kappa shape index (κ3) is 3.96. The van der Waals surface area contributed by atoms with Crippen molar-refractivity contribution in [2.45, 2.75) is 19.8 Å². The molecule has 2 aromatic heterocycles. The fourth-order valence-corrected chi connectivity index (χ4v) is 2.98. The number of nitrogens with two attached hydrogens (primary N) is 1. The molecule has 3 N–H and O–H groups in total. The average molecular weight is 343 g/mol. The molecule has 0 spiro atoms. The SMILES string of the molecule is Cc1cc(C(=O)NCC2CCN(c3ncccc3C(N)=O)CC2)on1. The van der Waals surface area contributed by atoms with E-state index in [0.717, 1.165) is 25.9 Å². The van der Waals surface area contributed by atoms with Crippen LogP contribution >= 0.6 is 0 Å².